The zero-order valence-corrected chi connectivity index (χ0v) is 11.4. The van der Waals surface area contributed by atoms with Gasteiger partial charge in [0.1, 0.15) is 0 Å². The Morgan fingerprint density at radius 3 is 2.78 bits per heavy atom. The lowest BCUT2D eigenvalue weighted by Gasteiger charge is -2.27. The third-order valence-electron chi connectivity index (χ3n) is 3.31. The number of amides is 1. The second-order valence-corrected chi connectivity index (χ2v) is 5.26. The number of likely N-dealkylation sites (N-methyl/N-ethyl adjacent to an activating group) is 1. The van der Waals surface area contributed by atoms with E-state index in [9.17, 15) is 9.90 Å². The van der Waals surface area contributed by atoms with Gasteiger partial charge in [-0.25, -0.2) is 0 Å². The summed E-state index contributed by atoms with van der Waals surface area (Å²) in [5.41, 5.74) is 0.701. The van der Waals surface area contributed by atoms with Gasteiger partial charge in [0.05, 0.1) is 17.7 Å². The molecule has 2 rings (SSSR count). The van der Waals surface area contributed by atoms with Crippen molar-refractivity contribution in [3.63, 3.8) is 0 Å². The number of carbonyl (C=O) groups excluding carboxylic acids is 1. The second-order valence-electron chi connectivity index (χ2n) is 4.41. The van der Waals surface area contributed by atoms with Crippen LogP contribution in [0.1, 0.15) is 10.4 Å². The molecule has 1 amide bonds. The number of nitrogens with one attached hydrogen (secondary N) is 1. The minimum atomic E-state index is -0.486. The minimum Gasteiger partial charge on any atom is -0.390 e. The molecule has 1 aliphatic rings. The van der Waals surface area contributed by atoms with Crippen LogP contribution < -0.4 is 5.32 Å². The van der Waals surface area contributed by atoms with E-state index in [0.717, 1.165) is 4.90 Å². The first-order chi connectivity index (χ1) is 8.65. The molecule has 1 saturated heterocycles. The number of aliphatic hydroxyl groups excluding tert-OH is 1. The van der Waals surface area contributed by atoms with Gasteiger partial charge in [0.25, 0.3) is 5.91 Å². The van der Waals surface area contributed by atoms with E-state index in [1.54, 1.807) is 23.7 Å². The first-order valence-electron chi connectivity index (χ1n) is 5.94. The molecule has 1 heterocycles. The van der Waals surface area contributed by atoms with Crippen LogP contribution in [0, 0.1) is 0 Å². The van der Waals surface area contributed by atoms with Crippen molar-refractivity contribution >= 4 is 17.7 Å². The van der Waals surface area contributed by atoms with E-state index in [1.165, 1.54) is 0 Å². The molecule has 2 atom stereocenters. The standard InChI is InChI=1S/C13H18N2O2S/c1-15(10-7-14-8-11(10)16)13(17)9-5-3-4-6-12(9)18-2/h3-6,10-11,14,16H,7-8H2,1-2H3/t10-,11-/m1/s1. The normalized spacial score (nSPS) is 23.1. The molecule has 1 aliphatic heterocycles. The summed E-state index contributed by atoms with van der Waals surface area (Å²) in [7, 11) is 1.75. The number of β-amino-alcohol motifs (C(OH)–C–C–N with tert-alkyl or cyclic N) is 1. The van der Waals surface area contributed by atoms with Gasteiger partial charge in [-0.1, -0.05) is 12.1 Å². The predicted molar refractivity (Wildman–Crippen MR) is 73.0 cm³/mol. The van der Waals surface area contributed by atoms with Gasteiger partial charge >= 0.3 is 0 Å². The van der Waals surface area contributed by atoms with E-state index < -0.39 is 6.10 Å². The molecule has 1 aromatic carbocycles. The van der Waals surface area contributed by atoms with Gasteiger partial charge in [-0.3, -0.25) is 4.79 Å². The van der Waals surface area contributed by atoms with Crippen LogP contribution in [0.5, 0.6) is 0 Å². The maximum absolute atomic E-state index is 12.4. The quantitative estimate of drug-likeness (QED) is 0.795. The molecule has 0 aliphatic carbocycles. The Bertz CT molecular complexity index is 439. The van der Waals surface area contributed by atoms with Crippen molar-refractivity contribution < 1.29 is 9.90 Å². The molecule has 1 fully saturated rings. The van der Waals surface area contributed by atoms with Crippen LogP contribution in [0.3, 0.4) is 0 Å². The lowest BCUT2D eigenvalue weighted by molar-refractivity contribution is 0.0578. The molecule has 0 spiro atoms. The van der Waals surface area contributed by atoms with E-state index in [4.69, 9.17) is 0 Å². The number of benzene rings is 1. The highest BCUT2D eigenvalue weighted by molar-refractivity contribution is 7.98. The summed E-state index contributed by atoms with van der Waals surface area (Å²) in [4.78, 5) is 15.0. The largest absolute Gasteiger partial charge is 0.390 e. The molecule has 5 heteroatoms. The number of nitrogens with zero attached hydrogens (tertiary/aromatic N) is 1. The molecule has 0 unspecified atom stereocenters. The summed E-state index contributed by atoms with van der Waals surface area (Å²) < 4.78 is 0. The van der Waals surface area contributed by atoms with Gasteiger partial charge < -0.3 is 15.3 Å². The third kappa shape index (κ3) is 2.53. The van der Waals surface area contributed by atoms with E-state index in [2.05, 4.69) is 5.32 Å². The summed E-state index contributed by atoms with van der Waals surface area (Å²) in [6, 6.07) is 7.42. The van der Waals surface area contributed by atoms with Crippen LogP contribution >= 0.6 is 11.8 Å². The van der Waals surface area contributed by atoms with E-state index in [-0.39, 0.29) is 11.9 Å². The van der Waals surface area contributed by atoms with Crippen LogP contribution in [0.2, 0.25) is 0 Å². The van der Waals surface area contributed by atoms with Gasteiger partial charge in [-0.15, -0.1) is 11.8 Å². The maximum atomic E-state index is 12.4. The Balaban J connectivity index is 2.20. The molecule has 1 aromatic rings. The van der Waals surface area contributed by atoms with Crippen LogP contribution in [0.25, 0.3) is 0 Å². The maximum Gasteiger partial charge on any atom is 0.255 e. The van der Waals surface area contributed by atoms with Crippen molar-refractivity contribution in [2.75, 3.05) is 26.4 Å². The average molecular weight is 266 g/mol. The highest BCUT2D eigenvalue weighted by Gasteiger charge is 2.32. The van der Waals surface area contributed by atoms with Gasteiger partial charge in [0.2, 0.25) is 0 Å². The van der Waals surface area contributed by atoms with Crippen molar-refractivity contribution in [1.29, 1.82) is 0 Å². The van der Waals surface area contributed by atoms with Crippen molar-refractivity contribution in [2.45, 2.75) is 17.0 Å². The molecular formula is C13H18N2O2S. The average Bonchev–Trinajstić information content (AvgIpc) is 2.83. The fourth-order valence-corrected chi connectivity index (χ4v) is 2.80. The Kier molecular flexibility index (Phi) is 4.27. The summed E-state index contributed by atoms with van der Waals surface area (Å²) in [5, 5.41) is 12.9. The number of hydrogen-bond donors (Lipinski definition) is 2. The molecule has 18 heavy (non-hydrogen) atoms. The molecular weight excluding hydrogens is 248 g/mol. The van der Waals surface area contributed by atoms with Crippen LogP contribution in [-0.2, 0) is 0 Å². The van der Waals surface area contributed by atoms with Gasteiger partial charge in [0.15, 0.2) is 0 Å². The highest BCUT2D eigenvalue weighted by atomic mass is 32.2. The minimum absolute atomic E-state index is 0.0345. The SMILES string of the molecule is CSc1ccccc1C(=O)N(C)[C@@H]1CNC[C@H]1O. The van der Waals surface area contributed by atoms with Crippen molar-refractivity contribution in [3.05, 3.63) is 29.8 Å². The van der Waals surface area contributed by atoms with E-state index in [0.29, 0.717) is 18.7 Å². The molecule has 0 bridgehead atoms. The molecule has 4 nitrogen and oxygen atoms in total. The summed E-state index contributed by atoms with van der Waals surface area (Å²) in [6.07, 6.45) is 1.47. The lowest BCUT2D eigenvalue weighted by Crippen LogP contribution is -2.44. The van der Waals surface area contributed by atoms with Crippen LogP contribution in [-0.4, -0.2) is 54.5 Å². The van der Waals surface area contributed by atoms with Crippen LogP contribution in [0.15, 0.2) is 29.2 Å². The second kappa shape index (κ2) is 5.73. The fourth-order valence-electron chi connectivity index (χ4n) is 2.21. The summed E-state index contributed by atoms with van der Waals surface area (Å²) in [6.45, 7) is 1.19. The third-order valence-corrected chi connectivity index (χ3v) is 4.10. The Hall–Kier alpha value is -1.04. The number of carbonyl (C=O) groups is 1. The topological polar surface area (TPSA) is 52.6 Å². The fraction of sp³-hybridized carbons (Fsp3) is 0.462. The highest BCUT2D eigenvalue weighted by Crippen LogP contribution is 2.22. The van der Waals surface area contributed by atoms with Crippen molar-refractivity contribution in [3.8, 4) is 0 Å². The van der Waals surface area contributed by atoms with Crippen molar-refractivity contribution in [1.82, 2.24) is 10.2 Å². The summed E-state index contributed by atoms with van der Waals surface area (Å²) >= 11 is 1.56. The molecule has 0 saturated carbocycles. The van der Waals surface area contributed by atoms with Gasteiger partial charge in [-0.05, 0) is 18.4 Å². The Morgan fingerprint density at radius 1 is 1.44 bits per heavy atom. The van der Waals surface area contributed by atoms with Gasteiger partial charge in [0, 0.05) is 25.0 Å². The van der Waals surface area contributed by atoms with Crippen LogP contribution in [0.4, 0.5) is 0 Å². The van der Waals surface area contributed by atoms with Gasteiger partial charge in [-0.2, -0.15) is 0 Å². The monoisotopic (exact) mass is 266 g/mol. The first-order valence-corrected chi connectivity index (χ1v) is 7.16. The Labute approximate surface area is 111 Å². The number of hydrogen-bond acceptors (Lipinski definition) is 4. The molecule has 0 aromatic heterocycles. The lowest BCUT2D eigenvalue weighted by atomic mass is 10.1. The number of rotatable bonds is 3. The van der Waals surface area contributed by atoms with E-state index in [1.807, 2.05) is 30.5 Å². The zero-order valence-electron chi connectivity index (χ0n) is 10.6. The predicted octanol–water partition coefficient (Wildman–Crippen LogP) is 0.813. The van der Waals surface area contributed by atoms with Crippen molar-refractivity contribution in [2.24, 2.45) is 0 Å². The smallest absolute Gasteiger partial charge is 0.255 e. The molecule has 0 radical (unpaired) electrons. The molecule has 98 valence electrons. The van der Waals surface area contributed by atoms with E-state index >= 15 is 0 Å². The molecule has 2 N–H and O–H groups in total. The zero-order chi connectivity index (χ0) is 13.1. The number of thioether (sulfide) groups is 1. The summed E-state index contributed by atoms with van der Waals surface area (Å²) in [5.74, 6) is -0.0345. The Morgan fingerprint density at radius 2 is 2.17 bits per heavy atom. The number of aliphatic hydroxyl groups is 1. The first kappa shape index (κ1) is 13.4.